The maximum absolute atomic E-state index is 14.8. The fourth-order valence-corrected chi connectivity index (χ4v) is 8.93. The summed E-state index contributed by atoms with van der Waals surface area (Å²) < 4.78 is 39.4. The molecule has 2 aliphatic carbocycles. The van der Waals surface area contributed by atoms with Gasteiger partial charge in [0, 0.05) is 29.5 Å². The number of benzene rings is 1. The smallest absolute Gasteiger partial charge is 0.315 e. The number of carbonyl (C=O) groups is 4. The Balaban J connectivity index is 1.35. The lowest BCUT2D eigenvalue weighted by molar-refractivity contribution is -0.142. The molecule has 0 radical (unpaired) electrons. The van der Waals surface area contributed by atoms with Crippen molar-refractivity contribution in [2.75, 3.05) is 13.7 Å². The van der Waals surface area contributed by atoms with Crippen LogP contribution in [0.1, 0.15) is 86.5 Å². The van der Waals surface area contributed by atoms with Gasteiger partial charge in [0.25, 0.3) is 5.91 Å². The van der Waals surface area contributed by atoms with Gasteiger partial charge in [0.05, 0.1) is 18.4 Å². The molecule has 2 saturated carbocycles. The summed E-state index contributed by atoms with van der Waals surface area (Å²) in [6.07, 6.45) is 8.03. The number of fused-ring (bicyclic) bond motifs is 3. The molecule has 14 nitrogen and oxygen atoms in total. The van der Waals surface area contributed by atoms with Crippen LogP contribution in [0.4, 0.5) is 4.79 Å². The second-order valence-corrected chi connectivity index (χ2v) is 19.2. The van der Waals surface area contributed by atoms with Gasteiger partial charge < -0.3 is 30.3 Å². The normalized spacial score (nSPS) is 29.8. The zero-order chi connectivity index (χ0) is 39.2. The largest absolute Gasteiger partial charge is 0.497 e. The number of sulfonamides is 1. The quantitative estimate of drug-likeness (QED) is 0.303. The lowest BCUT2D eigenvalue weighted by atomic mass is 9.88. The molecule has 1 saturated heterocycles. The summed E-state index contributed by atoms with van der Waals surface area (Å²) in [5, 5.41) is 10.3. The van der Waals surface area contributed by atoms with Crippen LogP contribution in [-0.4, -0.2) is 89.7 Å². The van der Waals surface area contributed by atoms with Crippen LogP contribution in [0.5, 0.6) is 11.6 Å². The number of allylic oxidation sites excluding steroid dienone is 1. The number of methoxy groups -OCH3 is 1. The molecular weight excluding hydrogens is 713 g/mol. The minimum Gasteiger partial charge on any atom is -0.497 e. The first-order valence-corrected chi connectivity index (χ1v) is 20.4. The summed E-state index contributed by atoms with van der Waals surface area (Å²) in [6.45, 7) is 11.1. The van der Waals surface area contributed by atoms with Gasteiger partial charge in [-0.3, -0.25) is 19.1 Å². The van der Waals surface area contributed by atoms with E-state index in [0.717, 1.165) is 11.8 Å². The number of hydrogen-bond donors (Lipinski definition) is 4. The van der Waals surface area contributed by atoms with Gasteiger partial charge in [-0.2, -0.15) is 0 Å². The topological polar surface area (TPSA) is 185 Å². The number of carbonyl (C=O) groups excluding carboxylic acids is 4. The van der Waals surface area contributed by atoms with Crippen molar-refractivity contribution < 1.29 is 37.1 Å². The van der Waals surface area contributed by atoms with Crippen LogP contribution in [0.3, 0.4) is 0 Å². The molecule has 7 unspecified atom stereocenters. The van der Waals surface area contributed by atoms with Crippen LogP contribution in [0.15, 0.2) is 42.6 Å². The standard InChI is InChI=1S/C39H54N6O8S/c1-23-10-8-9-11-26-21-39(26,35(48)44-54(50,51)38(6)15-16-38)42-32(46)30-20-28(53-33-29-13-12-27(52-7)19-25(29)14-17-40-33)22-45(30)34(47)31(24(2)18-23)41-36(49)43-37(3,4)5/h9,11-14,17,19,23-24,26,28,30-31H,8,10,15-16,18,20-22H2,1-7H3,(H,42,46)(H,44,48)(H2,41,43,49). The highest BCUT2D eigenvalue weighted by Crippen LogP contribution is 2.47. The van der Waals surface area contributed by atoms with Gasteiger partial charge in [0.15, 0.2) is 0 Å². The summed E-state index contributed by atoms with van der Waals surface area (Å²) in [5.41, 5.74) is -2.08. The third-order valence-electron chi connectivity index (χ3n) is 11.2. The van der Waals surface area contributed by atoms with Gasteiger partial charge in [-0.1, -0.05) is 26.0 Å². The van der Waals surface area contributed by atoms with E-state index in [1.165, 1.54) is 4.90 Å². The molecule has 1 aromatic heterocycles. The average molecular weight is 767 g/mol. The lowest BCUT2D eigenvalue weighted by Gasteiger charge is -2.33. The van der Waals surface area contributed by atoms with Crippen molar-refractivity contribution in [1.82, 2.24) is 30.6 Å². The van der Waals surface area contributed by atoms with Crippen molar-refractivity contribution in [2.24, 2.45) is 17.8 Å². The fourth-order valence-electron chi connectivity index (χ4n) is 7.62. The van der Waals surface area contributed by atoms with Gasteiger partial charge in [-0.05, 0) is 108 Å². The summed E-state index contributed by atoms with van der Waals surface area (Å²) in [4.78, 5) is 62.3. The average Bonchev–Trinajstić information content (AvgIpc) is 3.97. The molecule has 54 heavy (non-hydrogen) atoms. The summed E-state index contributed by atoms with van der Waals surface area (Å²) in [7, 11) is -2.41. The van der Waals surface area contributed by atoms with Crippen molar-refractivity contribution in [3.05, 3.63) is 42.6 Å². The Bertz CT molecular complexity index is 1940. The van der Waals surface area contributed by atoms with E-state index in [-0.39, 0.29) is 31.2 Å². The highest BCUT2D eigenvalue weighted by molar-refractivity contribution is 7.91. The number of urea groups is 1. The molecule has 6 rings (SSSR count). The first kappa shape index (κ1) is 39.3. The number of amides is 5. The van der Waals surface area contributed by atoms with E-state index in [1.54, 1.807) is 26.3 Å². The molecule has 1 aromatic carbocycles. The van der Waals surface area contributed by atoms with Crippen LogP contribution < -0.4 is 30.1 Å². The zero-order valence-corrected chi connectivity index (χ0v) is 33.0. The Morgan fingerprint density at radius 1 is 1.09 bits per heavy atom. The maximum Gasteiger partial charge on any atom is 0.315 e. The molecular formula is C39H54N6O8S. The number of hydrogen-bond acceptors (Lipinski definition) is 9. The number of aromatic nitrogens is 1. The molecule has 7 atom stereocenters. The van der Waals surface area contributed by atoms with Crippen molar-refractivity contribution in [3.8, 4) is 11.6 Å². The molecule has 2 aromatic rings. The summed E-state index contributed by atoms with van der Waals surface area (Å²) in [6, 6.07) is 4.72. The number of rotatable bonds is 7. The van der Waals surface area contributed by atoms with E-state index in [2.05, 4.69) is 32.6 Å². The monoisotopic (exact) mass is 766 g/mol. The van der Waals surface area contributed by atoms with Gasteiger partial charge in [0.2, 0.25) is 27.7 Å². The van der Waals surface area contributed by atoms with Gasteiger partial charge in [-0.15, -0.1) is 0 Å². The van der Waals surface area contributed by atoms with Crippen molar-refractivity contribution in [1.29, 1.82) is 0 Å². The van der Waals surface area contributed by atoms with Gasteiger partial charge in [0.1, 0.15) is 29.5 Å². The number of nitrogens with one attached hydrogen (secondary N) is 4. The first-order chi connectivity index (χ1) is 25.3. The maximum atomic E-state index is 14.8. The molecule has 3 heterocycles. The van der Waals surface area contributed by atoms with Crippen LogP contribution in [0, 0.1) is 17.8 Å². The predicted molar refractivity (Wildman–Crippen MR) is 203 cm³/mol. The van der Waals surface area contributed by atoms with Crippen LogP contribution in [0.25, 0.3) is 10.8 Å². The molecule has 3 fully saturated rings. The molecule has 0 bridgehead atoms. The predicted octanol–water partition coefficient (Wildman–Crippen LogP) is 3.94. The number of ether oxygens (including phenoxy) is 2. The molecule has 5 amide bonds. The lowest BCUT2D eigenvalue weighted by Crippen LogP contribution is -2.60. The molecule has 4 aliphatic rings. The molecule has 294 valence electrons. The van der Waals surface area contributed by atoms with E-state index in [4.69, 9.17) is 9.47 Å². The molecule has 15 heteroatoms. The highest BCUT2D eigenvalue weighted by atomic mass is 32.2. The van der Waals surface area contributed by atoms with E-state index in [0.29, 0.717) is 42.7 Å². The van der Waals surface area contributed by atoms with E-state index in [9.17, 15) is 27.6 Å². The Morgan fingerprint density at radius 2 is 1.83 bits per heavy atom. The minimum atomic E-state index is -3.99. The summed E-state index contributed by atoms with van der Waals surface area (Å²) in [5.74, 6) is -1.43. The molecule has 2 aliphatic heterocycles. The van der Waals surface area contributed by atoms with Crippen LogP contribution in [0.2, 0.25) is 0 Å². The van der Waals surface area contributed by atoms with E-state index in [1.807, 2.05) is 58.0 Å². The van der Waals surface area contributed by atoms with E-state index < -0.39 is 73.7 Å². The van der Waals surface area contributed by atoms with Crippen molar-refractivity contribution in [2.45, 2.75) is 121 Å². The summed E-state index contributed by atoms with van der Waals surface area (Å²) >= 11 is 0. The Morgan fingerprint density at radius 3 is 2.52 bits per heavy atom. The van der Waals surface area contributed by atoms with Crippen molar-refractivity contribution in [3.63, 3.8) is 0 Å². The zero-order valence-electron chi connectivity index (χ0n) is 32.2. The Labute approximate surface area is 317 Å². The van der Waals surface area contributed by atoms with E-state index >= 15 is 0 Å². The van der Waals surface area contributed by atoms with Gasteiger partial charge >= 0.3 is 6.03 Å². The van der Waals surface area contributed by atoms with Crippen LogP contribution >= 0.6 is 0 Å². The third kappa shape index (κ3) is 8.30. The fraction of sp³-hybridized carbons (Fsp3) is 0.615. The molecule has 4 N–H and O–H groups in total. The Kier molecular flexibility index (Phi) is 10.7. The minimum absolute atomic E-state index is 0.00173. The Hall–Kier alpha value is -4.40. The highest BCUT2D eigenvalue weighted by Gasteiger charge is 2.63. The number of nitrogens with zero attached hydrogens (tertiary/aromatic N) is 2. The van der Waals surface area contributed by atoms with Crippen molar-refractivity contribution >= 4 is 44.5 Å². The first-order valence-electron chi connectivity index (χ1n) is 18.9. The second kappa shape index (κ2) is 14.7. The van der Waals surface area contributed by atoms with Gasteiger partial charge in [-0.25, -0.2) is 18.2 Å². The third-order valence-corrected chi connectivity index (χ3v) is 13.4. The SMILES string of the molecule is COc1ccc2c(OC3CC4C(=O)NC5(C(=O)NS(=O)(=O)C6(C)CC6)CC5C=CCCC(C)CC(C)C(NC(=O)NC(C)(C)C)C(=O)N4C3)nccc2c1. The number of pyridine rings is 1. The molecule has 0 spiro atoms. The second-order valence-electron chi connectivity index (χ2n) is 17.0. The van der Waals surface area contributed by atoms with Crippen LogP contribution in [-0.2, 0) is 24.4 Å².